The van der Waals surface area contributed by atoms with Crippen LogP contribution in [0.3, 0.4) is 0 Å². The topological polar surface area (TPSA) is 93.0 Å². The van der Waals surface area contributed by atoms with E-state index in [0.717, 1.165) is 0 Å². The van der Waals surface area contributed by atoms with E-state index >= 15 is 0 Å². The molecule has 1 amide bonds. The third kappa shape index (κ3) is 5.02. The number of carbonyl (C=O) groups is 2. The number of ether oxygens (including phenoxy) is 1. The quantitative estimate of drug-likeness (QED) is 0.341. The molecular formula is C17H19N3O5. The molecule has 1 fully saturated rings. The van der Waals surface area contributed by atoms with Gasteiger partial charge < -0.3 is 9.64 Å². The van der Waals surface area contributed by atoms with Crippen molar-refractivity contribution in [2.24, 2.45) is 0 Å². The average Bonchev–Trinajstić information content (AvgIpc) is 2.92. The molecule has 0 radical (unpaired) electrons. The Bertz CT molecular complexity index is 718. The predicted molar refractivity (Wildman–Crippen MR) is 89.8 cm³/mol. The molecule has 8 heteroatoms. The van der Waals surface area contributed by atoms with Crippen LogP contribution < -0.4 is 0 Å². The van der Waals surface area contributed by atoms with Crippen molar-refractivity contribution in [2.75, 3.05) is 33.7 Å². The minimum Gasteiger partial charge on any atom is -0.449 e. The molecule has 0 aromatic heterocycles. The van der Waals surface area contributed by atoms with Gasteiger partial charge in [-0.15, -0.1) is 0 Å². The molecule has 1 heterocycles. The highest BCUT2D eigenvalue weighted by Crippen LogP contribution is 2.18. The van der Waals surface area contributed by atoms with Gasteiger partial charge in [-0.3, -0.25) is 19.8 Å². The molecule has 0 saturated carbocycles. The maximum atomic E-state index is 12.2. The van der Waals surface area contributed by atoms with Crippen LogP contribution in [0.25, 0.3) is 0 Å². The summed E-state index contributed by atoms with van der Waals surface area (Å²) < 4.78 is 5.23. The lowest BCUT2D eigenvalue weighted by atomic mass is 10.2. The second kappa shape index (κ2) is 8.26. The average molecular weight is 345 g/mol. The van der Waals surface area contributed by atoms with Crippen molar-refractivity contribution in [1.29, 1.82) is 0 Å². The molecule has 0 aliphatic carbocycles. The molecule has 1 aliphatic heterocycles. The monoisotopic (exact) mass is 345 g/mol. The highest BCUT2D eigenvalue weighted by molar-refractivity contribution is 5.93. The number of nitrogens with zero attached hydrogens (tertiary/aromatic N) is 3. The van der Waals surface area contributed by atoms with Crippen molar-refractivity contribution in [3.63, 3.8) is 0 Å². The van der Waals surface area contributed by atoms with Crippen molar-refractivity contribution in [1.82, 2.24) is 9.80 Å². The molecule has 1 aromatic carbocycles. The fraction of sp³-hybridized carbons (Fsp3) is 0.412. The summed E-state index contributed by atoms with van der Waals surface area (Å²) in [6.45, 7) is 1.40. The molecule has 25 heavy (non-hydrogen) atoms. The number of nitro benzene ring substituents is 1. The lowest BCUT2D eigenvalue weighted by molar-refractivity contribution is -0.384. The summed E-state index contributed by atoms with van der Waals surface area (Å²) in [5, 5.41) is 10.6. The molecule has 1 unspecified atom stereocenters. The van der Waals surface area contributed by atoms with Gasteiger partial charge in [0.2, 0.25) is 0 Å². The van der Waals surface area contributed by atoms with E-state index in [-0.39, 0.29) is 17.2 Å². The van der Waals surface area contributed by atoms with Crippen molar-refractivity contribution >= 4 is 17.6 Å². The number of rotatable bonds is 5. The zero-order valence-corrected chi connectivity index (χ0v) is 14.1. The largest absolute Gasteiger partial charge is 0.449 e. The van der Waals surface area contributed by atoms with Gasteiger partial charge in [0.1, 0.15) is 0 Å². The van der Waals surface area contributed by atoms with E-state index in [9.17, 15) is 19.7 Å². The zero-order valence-electron chi connectivity index (χ0n) is 14.1. The van der Waals surface area contributed by atoms with Gasteiger partial charge >= 0.3 is 5.97 Å². The van der Waals surface area contributed by atoms with Gasteiger partial charge in [0, 0.05) is 25.1 Å². The second-order valence-electron chi connectivity index (χ2n) is 5.84. The van der Waals surface area contributed by atoms with Crippen LogP contribution >= 0.6 is 0 Å². The van der Waals surface area contributed by atoms with Crippen molar-refractivity contribution in [3.05, 3.63) is 39.9 Å². The number of likely N-dealkylation sites (tertiary alicyclic amines) is 1. The van der Waals surface area contributed by atoms with Crippen LogP contribution in [-0.2, 0) is 9.53 Å². The van der Waals surface area contributed by atoms with Crippen LogP contribution in [0.4, 0.5) is 5.69 Å². The summed E-state index contributed by atoms with van der Waals surface area (Å²) in [7, 11) is 3.81. The number of benzene rings is 1. The maximum Gasteiger partial charge on any atom is 0.338 e. The SMILES string of the molecule is CN(C)CC#CCN1CCC(OC(=O)c2ccc([N+](=O)[O-])cc2)C1=O. The molecule has 1 atom stereocenters. The molecule has 2 rings (SSSR count). The summed E-state index contributed by atoms with van der Waals surface area (Å²) in [5.74, 6) is 4.93. The first-order valence-electron chi connectivity index (χ1n) is 7.73. The van der Waals surface area contributed by atoms with Crippen LogP contribution in [-0.4, -0.2) is 66.4 Å². The van der Waals surface area contributed by atoms with Gasteiger partial charge in [-0.25, -0.2) is 4.79 Å². The van der Waals surface area contributed by atoms with Gasteiger partial charge in [-0.1, -0.05) is 11.8 Å². The first-order valence-corrected chi connectivity index (χ1v) is 7.73. The van der Waals surface area contributed by atoms with Crippen LogP contribution in [0.5, 0.6) is 0 Å². The molecule has 0 bridgehead atoms. The Kier molecular flexibility index (Phi) is 6.08. The van der Waals surface area contributed by atoms with Crippen molar-refractivity contribution < 1.29 is 19.2 Å². The molecule has 8 nitrogen and oxygen atoms in total. The molecule has 0 spiro atoms. The second-order valence-corrected chi connectivity index (χ2v) is 5.84. The molecular weight excluding hydrogens is 326 g/mol. The summed E-state index contributed by atoms with van der Waals surface area (Å²) >= 11 is 0. The predicted octanol–water partition coefficient (Wildman–Crippen LogP) is 0.917. The van der Waals surface area contributed by atoms with Crippen LogP contribution in [0.1, 0.15) is 16.8 Å². The van der Waals surface area contributed by atoms with E-state index in [2.05, 4.69) is 11.8 Å². The molecule has 1 aliphatic rings. The Morgan fingerprint density at radius 3 is 2.64 bits per heavy atom. The highest BCUT2D eigenvalue weighted by atomic mass is 16.6. The normalized spacial score (nSPS) is 16.5. The van der Waals surface area contributed by atoms with Crippen LogP contribution in [0.15, 0.2) is 24.3 Å². The third-order valence-electron chi connectivity index (χ3n) is 3.60. The van der Waals surface area contributed by atoms with E-state index < -0.39 is 17.0 Å². The summed E-state index contributed by atoms with van der Waals surface area (Å²) in [6.07, 6.45) is -0.425. The van der Waals surface area contributed by atoms with Crippen molar-refractivity contribution in [2.45, 2.75) is 12.5 Å². The Balaban J connectivity index is 1.90. The smallest absolute Gasteiger partial charge is 0.338 e. The van der Waals surface area contributed by atoms with Gasteiger partial charge in [0.25, 0.3) is 11.6 Å². The number of hydrogen-bond acceptors (Lipinski definition) is 6. The van der Waals surface area contributed by atoms with Crippen molar-refractivity contribution in [3.8, 4) is 11.8 Å². The van der Waals surface area contributed by atoms with Gasteiger partial charge in [-0.05, 0) is 26.2 Å². The summed E-state index contributed by atoms with van der Waals surface area (Å²) in [6, 6.07) is 5.06. The van der Waals surface area contributed by atoms with Crippen LogP contribution in [0, 0.1) is 22.0 Å². The first kappa shape index (κ1) is 18.4. The number of esters is 1. The van der Waals surface area contributed by atoms with E-state index in [1.807, 2.05) is 19.0 Å². The Labute approximate surface area is 145 Å². The maximum absolute atomic E-state index is 12.2. The lowest BCUT2D eigenvalue weighted by Gasteiger charge is -2.13. The first-order chi connectivity index (χ1) is 11.9. The zero-order chi connectivity index (χ0) is 18.4. The fourth-order valence-electron chi connectivity index (χ4n) is 2.26. The fourth-order valence-corrected chi connectivity index (χ4v) is 2.26. The van der Waals surface area contributed by atoms with E-state index in [1.165, 1.54) is 24.3 Å². The molecule has 1 aromatic rings. The van der Waals surface area contributed by atoms with Gasteiger partial charge in [0.05, 0.1) is 23.6 Å². The number of amides is 1. The Morgan fingerprint density at radius 2 is 2.04 bits per heavy atom. The Hall–Kier alpha value is -2.92. The lowest BCUT2D eigenvalue weighted by Crippen LogP contribution is -2.32. The summed E-state index contributed by atoms with van der Waals surface area (Å²) in [4.78, 5) is 37.8. The number of non-ortho nitro benzene ring substituents is 1. The van der Waals surface area contributed by atoms with Crippen LogP contribution in [0.2, 0.25) is 0 Å². The van der Waals surface area contributed by atoms with E-state index in [4.69, 9.17) is 4.74 Å². The highest BCUT2D eigenvalue weighted by Gasteiger charge is 2.34. The molecule has 132 valence electrons. The standard InChI is InChI=1S/C17H19N3O5/c1-18(2)10-3-4-11-19-12-9-15(16(19)21)25-17(22)13-5-7-14(8-6-13)20(23)24/h5-8,15H,9-12H2,1-2H3. The minimum absolute atomic E-state index is 0.115. The summed E-state index contributed by atoms with van der Waals surface area (Å²) in [5.41, 5.74) is 0.0543. The van der Waals surface area contributed by atoms with Gasteiger partial charge in [-0.2, -0.15) is 0 Å². The third-order valence-corrected chi connectivity index (χ3v) is 3.60. The van der Waals surface area contributed by atoms with Gasteiger partial charge in [0.15, 0.2) is 6.10 Å². The minimum atomic E-state index is -0.835. The number of hydrogen-bond donors (Lipinski definition) is 0. The number of nitro groups is 1. The molecule has 1 saturated heterocycles. The van der Waals surface area contributed by atoms with E-state index in [0.29, 0.717) is 26.1 Å². The Morgan fingerprint density at radius 1 is 1.36 bits per heavy atom. The molecule has 0 N–H and O–H groups in total. The van der Waals surface area contributed by atoms with E-state index in [1.54, 1.807) is 4.90 Å². The number of carbonyl (C=O) groups excluding carboxylic acids is 2.